The van der Waals surface area contributed by atoms with E-state index in [2.05, 4.69) is 0 Å². The molecule has 0 aliphatic carbocycles. The Morgan fingerprint density at radius 3 is 2.41 bits per heavy atom. The number of ether oxygens (including phenoxy) is 2. The highest BCUT2D eigenvalue weighted by atomic mass is 35.5. The molecule has 0 spiro atoms. The van der Waals surface area contributed by atoms with Crippen LogP contribution in [0.3, 0.4) is 0 Å². The van der Waals surface area contributed by atoms with Crippen LogP contribution in [0.1, 0.15) is 22.0 Å². The third-order valence-electron chi connectivity index (χ3n) is 4.70. The molecule has 1 aliphatic heterocycles. The van der Waals surface area contributed by atoms with Crippen LogP contribution in [0.15, 0.2) is 72.8 Å². The highest BCUT2D eigenvalue weighted by molar-refractivity contribution is 6.34. The monoisotopic (exact) mass is 427 g/mol. The first-order valence-electron chi connectivity index (χ1n) is 9.29. The van der Waals surface area contributed by atoms with Gasteiger partial charge >= 0.3 is 0 Å². The topological polar surface area (TPSA) is 38.8 Å². The Bertz CT molecular complexity index is 990. The second-order valence-corrected chi connectivity index (χ2v) is 7.60. The van der Waals surface area contributed by atoms with Gasteiger partial charge in [-0.3, -0.25) is 4.79 Å². The van der Waals surface area contributed by atoms with E-state index < -0.39 is 0 Å². The molecule has 6 heteroatoms. The number of para-hydroxylation sites is 2. The van der Waals surface area contributed by atoms with Crippen LogP contribution in [0.5, 0.6) is 11.5 Å². The molecule has 1 aliphatic rings. The van der Waals surface area contributed by atoms with Crippen molar-refractivity contribution < 1.29 is 14.3 Å². The van der Waals surface area contributed by atoms with Crippen molar-refractivity contribution in [1.29, 1.82) is 0 Å². The number of nitrogens with zero attached hydrogens (tertiary/aromatic N) is 1. The molecule has 3 aromatic carbocycles. The molecule has 1 saturated heterocycles. The normalized spacial score (nSPS) is 16.5. The second kappa shape index (κ2) is 8.87. The number of rotatable bonds is 4. The number of halogens is 2. The number of hydrogen-bond donors (Lipinski definition) is 0. The minimum Gasteiger partial charge on any atom is -0.457 e. The van der Waals surface area contributed by atoms with Gasteiger partial charge in [0.05, 0.1) is 18.7 Å². The smallest absolute Gasteiger partial charge is 0.257 e. The van der Waals surface area contributed by atoms with Crippen molar-refractivity contribution in [3.63, 3.8) is 0 Å². The Kier molecular flexibility index (Phi) is 6.05. The second-order valence-electron chi connectivity index (χ2n) is 6.72. The van der Waals surface area contributed by atoms with Gasteiger partial charge in [0.15, 0.2) is 0 Å². The lowest BCUT2D eigenvalue weighted by molar-refractivity contribution is -0.0228. The molecule has 1 heterocycles. The van der Waals surface area contributed by atoms with Crippen molar-refractivity contribution in [2.75, 3.05) is 19.7 Å². The summed E-state index contributed by atoms with van der Waals surface area (Å²) in [6.45, 7) is 1.35. The highest BCUT2D eigenvalue weighted by Gasteiger charge is 2.28. The minimum absolute atomic E-state index is 0.0991. The van der Waals surface area contributed by atoms with E-state index in [0.29, 0.717) is 46.8 Å². The minimum atomic E-state index is -0.286. The van der Waals surface area contributed by atoms with Crippen LogP contribution in [-0.2, 0) is 4.74 Å². The molecule has 148 valence electrons. The maximum Gasteiger partial charge on any atom is 0.257 e. The van der Waals surface area contributed by atoms with Gasteiger partial charge in [0.2, 0.25) is 0 Å². The molecule has 0 saturated carbocycles. The van der Waals surface area contributed by atoms with E-state index >= 15 is 0 Å². The molecular weight excluding hydrogens is 409 g/mol. The predicted molar refractivity (Wildman–Crippen MR) is 114 cm³/mol. The fourth-order valence-electron chi connectivity index (χ4n) is 3.31. The highest BCUT2D eigenvalue weighted by Crippen LogP contribution is 2.30. The maximum absolute atomic E-state index is 13.3. The SMILES string of the molecule is O=C(c1ccccc1Oc1ccccc1)N1CCOC(c2cc(Cl)cc(Cl)c2)C1. The third-order valence-corrected chi connectivity index (χ3v) is 5.14. The van der Waals surface area contributed by atoms with Crippen molar-refractivity contribution in [3.8, 4) is 11.5 Å². The Hall–Kier alpha value is -2.53. The van der Waals surface area contributed by atoms with E-state index in [-0.39, 0.29) is 12.0 Å². The van der Waals surface area contributed by atoms with Gasteiger partial charge in [0.25, 0.3) is 5.91 Å². The number of hydrogen-bond acceptors (Lipinski definition) is 3. The summed E-state index contributed by atoms with van der Waals surface area (Å²) in [6, 6.07) is 22.0. The molecule has 0 bridgehead atoms. The zero-order valence-electron chi connectivity index (χ0n) is 15.6. The fraction of sp³-hybridized carbons (Fsp3) is 0.174. The number of carbonyl (C=O) groups excluding carboxylic acids is 1. The van der Waals surface area contributed by atoms with Gasteiger partial charge in [-0.05, 0) is 48.0 Å². The number of morpholine rings is 1. The van der Waals surface area contributed by atoms with Crippen molar-refractivity contribution >= 4 is 29.1 Å². The van der Waals surface area contributed by atoms with Gasteiger partial charge in [-0.25, -0.2) is 0 Å². The lowest BCUT2D eigenvalue weighted by atomic mass is 10.1. The van der Waals surface area contributed by atoms with E-state index in [4.69, 9.17) is 32.7 Å². The molecule has 0 N–H and O–H groups in total. The van der Waals surface area contributed by atoms with Crippen LogP contribution in [0.4, 0.5) is 0 Å². The summed E-state index contributed by atoms with van der Waals surface area (Å²) in [6.07, 6.45) is -0.286. The van der Waals surface area contributed by atoms with Crippen LogP contribution in [0.25, 0.3) is 0 Å². The summed E-state index contributed by atoms with van der Waals surface area (Å²) in [5.41, 5.74) is 1.37. The van der Waals surface area contributed by atoms with E-state index in [1.165, 1.54) is 0 Å². The average molecular weight is 428 g/mol. The molecular formula is C23H19Cl2NO3. The van der Waals surface area contributed by atoms with E-state index in [9.17, 15) is 4.79 Å². The van der Waals surface area contributed by atoms with Crippen LogP contribution in [0.2, 0.25) is 10.0 Å². The average Bonchev–Trinajstić information content (AvgIpc) is 2.74. The Morgan fingerprint density at radius 1 is 0.966 bits per heavy atom. The van der Waals surface area contributed by atoms with Crippen LogP contribution in [0, 0.1) is 0 Å². The van der Waals surface area contributed by atoms with Gasteiger partial charge < -0.3 is 14.4 Å². The van der Waals surface area contributed by atoms with Crippen molar-refractivity contribution in [2.45, 2.75) is 6.10 Å². The first kappa shape index (κ1) is 19.8. The molecule has 1 fully saturated rings. The Morgan fingerprint density at radius 2 is 1.66 bits per heavy atom. The number of carbonyl (C=O) groups is 1. The van der Waals surface area contributed by atoms with Crippen LogP contribution >= 0.6 is 23.2 Å². The summed E-state index contributed by atoms with van der Waals surface area (Å²) < 4.78 is 11.8. The molecule has 4 nitrogen and oxygen atoms in total. The Labute approximate surface area is 179 Å². The standard InChI is InChI=1S/C23H19Cl2NO3/c24-17-12-16(13-18(25)14-17)22-15-26(10-11-28-22)23(27)20-8-4-5-9-21(20)29-19-6-2-1-3-7-19/h1-9,12-14,22H,10-11,15H2. The summed E-state index contributed by atoms with van der Waals surface area (Å²) >= 11 is 12.2. The lowest BCUT2D eigenvalue weighted by Gasteiger charge is -2.33. The van der Waals surface area contributed by atoms with E-state index in [1.54, 1.807) is 23.1 Å². The number of amides is 1. The summed E-state index contributed by atoms with van der Waals surface area (Å²) in [7, 11) is 0. The van der Waals surface area contributed by atoms with Crippen LogP contribution < -0.4 is 4.74 Å². The molecule has 29 heavy (non-hydrogen) atoms. The molecule has 1 amide bonds. The van der Waals surface area contributed by atoms with Crippen molar-refractivity contribution in [3.05, 3.63) is 94.0 Å². The molecule has 1 atom stereocenters. The van der Waals surface area contributed by atoms with Crippen LogP contribution in [-0.4, -0.2) is 30.5 Å². The predicted octanol–water partition coefficient (Wildman–Crippen LogP) is 6.00. The molecule has 4 rings (SSSR count). The first-order valence-corrected chi connectivity index (χ1v) is 10.0. The van der Waals surface area contributed by atoms with Crippen molar-refractivity contribution in [1.82, 2.24) is 4.90 Å². The first-order chi connectivity index (χ1) is 14.1. The van der Waals surface area contributed by atoms with Gasteiger partial charge in [0.1, 0.15) is 17.6 Å². The third kappa shape index (κ3) is 4.73. The van der Waals surface area contributed by atoms with Gasteiger partial charge in [-0.15, -0.1) is 0 Å². The van der Waals surface area contributed by atoms with Gasteiger partial charge in [-0.1, -0.05) is 53.5 Å². The molecule has 3 aromatic rings. The zero-order chi connectivity index (χ0) is 20.2. The molecule has 1 unspecified atom stereocenters. The summed E-state index contributed by atoms with van der Waals surface area (Å²) in [5.74, 6) is 1.11. The lowest BCUT2D eigenvalue weighted by Crippen LogP contribution is -2.42. The Balaban J connectivity index is 1.55. The summed E-state index contributed by atoms with van der Waals surface area (Å²) in [5, 5.41) is 1.09. The van der Waals surface area contributed by atoms with Gasteiger partial charge in [0, 0.05) is 16.6 Å². The number of benzene rings is 3. The maximum atomic E-state index is 13.3. The molecule has 0 radical (unpaired) electrons. The summed E-state index contributed by atoms with van der Waals surface area (Å²) in [4.78, 5) is 15.0. The quantitative estimate of drug-likeness (QED) is 0.512. The molecule has 0 aromatic heterocycles. The van der Waals surface area contributed by atoms with Gasteiger partial charge in [-0.2, -0.15) is 0 Å². The largest absolute Gasteiger partial charge is 0.457 e. The zero-order valence-corrected chi connectivity index (χ0v) is 17.1. The van der Waals surface area contributed by atoms with E-state index in [0.717, 1.165) is 5.56 Å². The van der Waals surface area contributed by atoms with E-state index in [1.807, 2.05) is 54.6 Å². The fourth-order valence-corrected chi connectivity index (χ4v) is 3.86. The van der Waals surface area contributed by atoms with Crippen molar-refractivity contribution in [2.24, 2.45) is 0 Å².